The zero-order valence-electron chi connectivity index (χ0n) is 18.6. The number of hydrogen-bond acceptors (Lipinski definition) is 2. The number of benzene rings is 3. The van der Waals surface area contributed by atoms with E-state index in [0.29, 0.717) is 19.5 Å². The van der Waals surface area contributed by atoms with E-state index in [1.54, 1.807) is 0 Å². The summed E-state index contributed by atoms with van der Waals surface area (Å²) < 4.78 is 0. The fraction of sp³-hybridized carbons (Fsp3) is 0.185. The van der Waals surface area contributed by atoms with Crippen LogP contribution in [-0.4, -0.2) is 23.0 Å². The number of rotatable bonds is 8. The number of urea groups is 1. The summed E-state index contributed by atoms with van der Waals surface area (Å²) in [5, 5.41) is 9.72. The summed E-state index contributed by atoms with van der Waals surface area (Å²) in [6.45, 7) is 2.80. The van der Waals surface area contributed by atoms with Gasteiger partial charge in [-0.05, 0) is 29.7 Å². The highest BCUT2D eigenvalue weighted by Crippen LogP contribution is 2.19. The molecule has 1 heterocycles. The van der Waals surface area contributed by atoms with Gasteiger partial charge in [0.15, 0.2) is 0 Å². The Morgan fingerprint density at radius 1 is 0.848 bits per heavy atom. The van der Waals surface area contributed by atoms with Gasteiger partial charge in [0.2, 0.25) is 5.91 Å². The van der Waals surface area contributed by atoms with Crippen molar-refractivity contribution in [3.8, 4) is 0 Å². The second-order valence-corrected chi connectivity index (χ2v) is 8.14. The maximum atomic E-state index is 13.1. The fourth-order valence-electron chi connectivity index (χ4n) is 3.85. The lowest BCUT2D eigenvalue weighted by Gasteiger charge is -2.19. The van der Waals surface area contributed by atoms with Crippen molar-refractivity contribution in [1.29, 1.82) is 0 Å². The average Bonchev–Trinajstić information content (AvgIpc) is 3.24. The molecule has 0 aliphatic heterocycles. The number of aromatic amines is 1. The lowest BCUT2D eigenvalue weighted by Crippen LogP contribution is -2.50. The number of aryl methyl sites for hydroxylation is 1. The SMILES string of the molecule is Cc1cccc(CNC(=O)[C@H](Cc2c[nH]c3ccccc23)NC(=O)NCc2ccccc2)c1. The third kappa shape index (κ3) is 6.01. The number of para-hydroxylation sites is 1. The number of carbonyl (C=O) groups is 2. The molecular weight excluding hydrogens is 412 g/mol. The molecule has 33 heavy (non-hydrogen) atoms. The minimum atomic E-state index is -0.718. The smallest absolute Gasteiger partial charge is 0.315 e. The molecule has 6 nitrogen and oxygen atoms in total. The van der Waals surface area contributed by atoms with Gasteiger partial charge in [-0.3, -0.25) is 4.79 Å². The first-order valence-corrected chi connectivity index (χ1v) is 11.0. The summed E-state index contributed by atoms with van der Waals surface area (Å²) in [5.41, 5.74) is 5.12. The minimum Gasteiger partial charge on any atom is -0.361 e. The van der Waals surface area contributed by atoms with Gasteiger partial charge in [0.1, 0.15) is 6.04 Å². The predicted molar refractivity (Wildman–Crippen MR) is 131 cm³/mol. The topological polar surface area (TPSA) is 86.0 Å². The maximum Gasteiger partial charge on any atom is 0.315 e. The normalized spacial score (nSPS) is 11.7. The molecule has 3 amide bonds. The third-order valence-corrected chi connectivity index (χ3v) is 5.57. The highest BCUT2D eigenvalue weighted by molar-refractivity contribution is 5.89. The van der Waals surface area contributed by atoms with Gasteiger partial charge in [0.05, 0.1) is 0 Å². The Kier molecular flexibility index (Phi) is 7.05. The van der Waals surface area contributed by atoms with E-state index in [0.717, 1.165) is 33.2 Å². The first-order chi connectivity index (χ1) is 16.1. The monoisotopic (exact) mass is 440 g/mol. The van der Waals surface area contributed by atoms with Crippen molar-refractivity contribution < 1.29 is 9.59 Å². The first kappa shape index (κ1) is 22.1. The molecule has 168 valence electrons. The van der Waals surface area contributed by atoms with Gasteiger partial charge in [0.25, 0.3) is 0 Å². The molecular formula is C27H28N4O2. The van der Waals surface area contributed by atoms with Crippen LogP contribution in [0.1, 0.15) is 22.3 Å². The number of H-pyrrole nitrogens is 1. The number of fused-ring (bicyclic) bond motifs is 1. The van der Waals surface area contributed by atoms with Crippen LogP contribution in [0.25, 0.3) is 10.9 Å². The molecule has 4 rings (SSSR count). The second kappa shape index (κ2) is 10.5. The Hall–Kier alpha value is -4.06. The molecule has 4 aromatic rings. The van der Waals surface area contributed by atoms with Crippen LogP contribution in [0.15, 0.2) is 85.1 Å². The first-order valence-electron chi connectivity index (χ1n) is 11.0. The van der Waals surface area contributed by atoms with Crippen molar-refractivity contribution in [3.63, 3.8) is 0 Å². The molecule has 0 aliphatic carbocycles. The summed E-state index contributed by atoms with van der Waals surface area (Å²) in [7, 11) is 0. The van der Waals surface area contributed by atoms with Crippen LogP contribution in [0.3, 0.4) is 0 Å². The molecule has 0 saturated heterocycles. The van der Waals surface area contributed by atoms with Gasteiger partial charge >= 0.3 is 6.03 Å². The molecule has 1 aromatic heterocycles. The van der Waals surface area contributed by atoms with Crippen molar-refractivity contribution >= 4 is 22.8 Å². The van der Waals surface area contributed by atoms with Gasteiger partial charge < -0.3 is 20.9 Å². The maximum absolute atomic E-state index is 13.1. The lowest BCUT2D eigenvalue weighted by molar-refractivity contribution is -0.123. The lowest BCUT2D eigenvalue weighted by atomic mass is 10.0. The number of hydrogen-bond donors (Lipinski definition) is 4. The van der Waals surface area contributed by atoms with E-state index in [9.17, 15) is 9.59 Å². The van der Waals surface area contributed by atoms with E-state index in [2.05, 4.69) is 20.9 Å². The standard InChI is InChI=1S/C27H28N4O2/c1-19-8-7-11-21(14-19)17-29-26(32)25(15-22-18-28-24-13-6-5-12-23(22)24)31-27(33)30-16-20-9-3-2-4-10-20/h2-14,18,25,28H,15-17H2,1H3,(H,29,32)(H2,30,31,33)/t25-/m0/s1. The van der Waals surface area contributed by atoms with Crippen LogP contribution in [0.2, 0.25) is 0 Å². The van der Waals surface area contributed by atoms with Gasteiger partial charge in [-0.15, -0.1) is 0 Å². The van der Waals surface area contributed by atoms with Gasteiger partial charge in [-0.2, -0.15) is 0 Å². The van der Waals surface area contributed by atoms with Crippen molar-refractivity contribution in [2.45, 2.75) is 32.5 Å². The molecule has 1 atom stereocenters. The van der Waals surface area contributed by atoms with Crippen molar-refractivity contribution in [2.24, 2.45) is 0 Å². The fourth-order valence-corrected chi connectivity index (χ4v) is 3.85. The van der Waals surface area contributed by atoms with E-state index >= 15 is 0 Å². The number of carbonyl (C=O) groups excluding carboxylic acids is 2. The van der Waals surface area contributed by atoms with Crippen LogP contribution in [0, 0.1) is 6.92 Å². The average molecular weight is 441 g/mol. The van der Waals surface area contributed by atoms with E-state index in [1.807, 2.05) is 92.0 Å². The third-order valence-electron chi connectivity index (χ3n) is 5.57. The number of amides is 3. The molecule has 4 N–H and O–H groups in total. The van der Waals surface area contributed by atoms with Crippen molar-refractivity contribution in [3.05, 3.63) is 107 Å². The Morgan fingerprint density at radius 2 is 1.58 bits per heavy atom. The Labute approximate surface area is 193 Å². The van der Waals surface area contributed by atoms with Crippen LogP contribution >= 0.6 is 0 Å². The van der Waals surface area contributed by atoms with Gasteiger partial charge in [-0.1, -0.05) is 78.4 Å². The van der Waals surface area contributed by atoms with Crippen molar-refractivity contribution in [1.82, 2.24) is 20.9 Å². The molecule has 0 radical (unpaired) electrons. The number of aromatic nitrogens is 1. The highest BCUT2D eigenvalue weighted by Gasteiger charge is 2.22. The molecule has 0 unspecified atom stereocenters. The van der Waals surface area contributed by atoms with Gasteiger partial charge in [0, 0.05) is 36.6 Å². The highest BCUT2D eigenvalue weighted by atomic mass is 16.2. The van der Waals surface area contributed by atoms with Crippen LogP contribution in [-0.2, 0) is 24.3 Å². The Balaban J connectivity index is 1.45. The van der Waals surface area contributed by atoms with Crippen molar-refractivity contribution in [2.75, 3.05) is 0 Å². The predicted octanol–water partition coefficient (Wildman–Crippen LogP) is 4.20. The van der Waals surface area contributed by atoms with Crippen LogP contribution in [0.4, 0.5) is 4.79 Å². The summed E-state index contributed by atoms with van der Waals surface area (Å²) in [4.78, 5) is 29.0. The number of nitrogens with one attached hydrogen (secondary N) is 4. The quantitative estimate of drug-likeness (QED) is 0.331. The molecule has 0 spiro atoms. The zero-order chi connectivity index (χ0) is 23.0. The van der Waals surface area contributed by atoms with E-state index < -0.39 is 6.04 Å². The Bertz CT molecular complexity index is 1230. The molecule has 0 fully saturated rings. The summed E-state index contributed by atoms with van der Waals surface area (Å²) >= 11 is 0. The van der Waals surface area contributed by atoms with E-state index in [4.69, 9.17) is 0 Å². The molecule has 3 aromatic carbocycles. The van der Waals surface area contributed by atoms with E-state index in [1.165, 1.54) is 0 Å². The minimum absolute atomic E-state index is 0.225. The van der Waals surface area contributed by atoms with Crippen LogP contribution in [0.5, 0.6) is 0 Å². The van der Waals surface area contributed by atoms with E-state index in [-0.39, 0.29) is 11.9 Å². The second-order valence-electron chi connectivity index (χ2n) is 8.14. The molecule has 0 saturated carbocycles. The Morgan fingerprint density at radius 3 is 2.39 bits per heavy atom. The molecule has 0 bridgehead atoms. The van der Waals surface area contributed by atoms with Gasteiger partial charge in [-0.25, -0.2) is 4.79 Å². The largest absolute Gasteiger partial charge is 0.361 e. The molecule has 6 heteroatoms. The van der Waals surface area contributed by atoms with Crippen LogP contribution < -0.4 is 16.0 Å². The molecule has 0 aliphatic rings. The zero-order valence-corrected chi connectivity index (χ0v) is 18.6. The summed E-state index contributed by atoms with van der Waals surface area (Å²) in [6, 6.07) is 24.5. The summed E-state index contributed by atoms with van der Waals surface area (Å²) in [5.74, 6) is -0.225. The summed E-state index contributed by atoms with van der Waals surface area (Å²) in [6.07, 6.45) is 2.28.